The van der Waals surface area contributed by atoms with Gasteiger partial charge in [-0.05, 0) is 24.3 Å². The van der Waals surface area contributed by atoms with Gasteiger partial charge in [-0.25, -0.2) is 0 Å². The van der Waals surface area contributed by atoms with Crippen molar-refractivity contribution in [1.29, 1.82) is 0 Å². The fourth-order valence-corrected chi connectivity index (χ4v) is 1.19. The molecular weight excluding hydrogens is 166 g/mol. The molecule has 1 aromatic heterocycles. The topological polar surface area (TPSA) is 59.4 Å². The van der Waals surface area contributed by atoms with Crippen molar-refractivity contribution in [2.75, 3.05) is 5.73 Å². The van der Waals surface area contributed by atoms with Crippen molar-refractivity contribution in [3.63, 3.8) is 0 Å². The minimum absolute atomic E-state index is 0.134. The van der Waals surface area contributed by atoms with Gasteiger partial charge in [0.1, 0.15) is 11.5 Å². The van der Waals surface area contributed by atoms with Crippen LogP contribution in [0, 0.1) is 0 Å². The van der Waals surface area contributed by atoms with Gasteiger partial charge in [-0.15, -0.1) is 0 Å². The van der Waals surface area contributed by atoms with Crippen molar-refractivity contribution in [1.82, 2.24) is 0 Å². The zero-order valence-electron chi connectivity index (χ0n) is 6.90. The maximum absolute atomic E-state index is 9.52. The normalized spacial score (nSPS) is 10.2. The second kappa shape index (κ2) is 2.86. The first kappa shape index (κ1) is 7.73. The molecule has 3 nitrogen and oxygen atoms in total. The fourth-order valence-electron chi connectivity index (χ4n) is 1.19. The number of aromatic hydroxyl groups is 1. The molecule has 0 aliphatic carbocycles. The third-order valence-electron chi connectivity index (χ3n) is 1.81. The quantitative estimate of drug-likeness (QED) is 0.653. The molecule has 0 aliphatic heterocycles. The molecule has 3 heteroatoms. The van der Waals surface area contributed by atoms with Gasteiger partial charge in [0.2, 0.25) is 0 Å². The molecule has 66 valence electrons. The third kappa shape index (κ3) is 1.36. The lowest BCUT2D eigenvalue weighted by molar-refractivity contribution is 0.474. The molecular formula is C10H9NO2. The minimum Gasteiger partial charge on any atom is -0.507 e. The van der Waals surface area contributed by atoms with E-state index in [-0.39, 0.29) is 5.75 Å². The molecule has 13 heavy (non-hydrogen) atoms. The van der Waals surface area contributed by atoms with Crippen molar-refractivity contribution in [3.05, 3.63) is 36.6 Å². The van der Waals surface area contributed by atoms with Crippen LogP contribution in [0.3, 0.4) is 0 Å². The summed E-state index contributed by atoms with van der Waals surface area (Å²) in [6.45, 7) is 0. The van der Waals surface area contributed by atoms with Crippen LogP contribution < -0.4 is 5.73 Å². The Morgan fingerprint density at radius 3 is 2.69 bits per heavy atom. The lowest BCUT2D eigenvalue weighted by Crippen LogP contribution is -1.84. The Labute approximate surface area is 75.4 Å². The summed E-state index contributed by atoms with van der Waals surface area (Å²) in [7, 11) is 0. The highest BCUT2D eigenvalue weighted by Gasteiger charge is 2.05. The summed E-state index contributed by atoms with van der Waals surface area (Å²) in [4.78, 5) is 0. The summed E-state index contributed by atoms with van der Waals surface area (Å²) >= 11 is 0. The van der Waals surface area contributed by atoms with E-state index in [1.54, 1.807) is 30.5 Å². The maximum Gasteiger partial charge on any atom is 0.137 e. The molecule has 0 fully saturated rings. The molecule has 0 atom stereocenters. The molecule has 0 aliphatic rings. The van der Waals surface area contributed by atoms with Crippen molar-refractivity contribution in [2.45, 2.75) is 0 Å². The number of phenolic OH excluding ortho intramolecular Hbond substituents is 1. The number of nitrogen functional groups attached to an aromatic ring is 1. The summed E-state index contributed by atoms with van der Waals surface area (Å²) in [5, 5.41) is 9.52. The van der Waals surface area contributed by atoms with Crippen LogP contribution in [-0.4, -0.2) is 5.11 Å². The lowest BCUT2D eigenvalue weighted by Gasteiger charge is -2.01. The summed E-state index contributed by atoms with van der Waals surface area (Å²) in [5.74, 6) is 0.771. The van der Waals surface area contributed by atoms with Gasteiger partial charge in [-0.2, -0.15) is 0 Å². The number of hydrogen-bond acceptors (Lipinski definition) is 3. The molecule has 0 saturated carbocycles. The average molecular weight is 175 g/mol. The van der Waals surface area contributed by atoms with E-state index in [4.69, 9.17) is 10.2 Å². The highest BCUT2D eigenvalue weighted by Crippen LogP contribution is 2.30. The van der Waals surface area contributed by atoms with Gasteiger partial charge in [-0.1, -0.05) is 0 Å². The smallest absolute Gasteiger partial charge is 0.137 e. The summed E-state index contributed by atoms with van der Waals surface area (Å²) in [6, 6.07) is 8.50. The van der Waals surface area contributed by atoms with E-state index >= 15 is 0 Å². The predicted octanol–water partition coefficient (Wildman–Crippen LogP) is 2.23. The second-order valence-electron chi connectivity index (χ2n) is 2.75. The largest absolute Gasteiger partial charge is 0.507 e. The number of nitrogens with two attached hydrogens (primary N) is 1. The van der Waals surface area contributed by atoms with E-state index in [2.05, 4.69) is 0 Å². The summed E-state index contributed by atoms with van der Waals surface area (Å²) in [5.41, 5.74) is 6.68. The van der Waals surface area contributed by atoms with E-state index in [9.17, 15) is 5.11 Å². The third-order valence-corrected chi connectivity index (χ3v) is 1.81. The van der Waals surface area contributed by atoms with Gasteiger partial charge in [0, 0.05) is 11.8 Å². The van der Waals surface area contributed by atoms with Crippen LogP contribution in [0.4, 0.5) is 5.69 Å². The number of furan rings is 1. The molecule has 0 saturated heterocycles. The van der Waals surface area contributed by atoms with Gasteiger partial charge < -0.3 is 15.3 Å². The van der Waals surface area contributed by atoms with Crippen LogP contribution in [0.2, 0.25) is 0 Å². The van der Waals surface area contributed by atoms with Crippen LogP contribution in [0.25, 0.3) is 11.3 Å². The highest BCUT2D eigenvalue weighted by molar-refractivity contribution is 5.68. The van der Waals surface area contributed by atoms with Crippen LogP contribution in [-0.2, 0) is 0 Å². The van der Waals surface area contributed by atoms with Crippen molar-refractivity contribution < 1.29 is 9.52 Å². The Hall–Kier alpha value is -1.90. The van der Waals surface area contributed by atoms with E-state index in [1.807, 2.05) is 0 Å². The molecule has 0 spiro atoms. The van der Waals surface area contributed by atoms with Gasteiger partial charge in [0.25, 0.3) is 0 Å². The van der Waals surface area contributed by atoms with Crippen LogP contribution in [0.15, 0.2) is 41.0 Å². The lowest BCUT2D eigenvalue weighted by atomic mass is 10.1. The van der Waals surface area contributed by atoms with Gasteiger partial charge in [0.15, 0.2) is 0 Å². The first-order valence-corrected chi connectivity index (χ1v) is 3.90. The van der Waals surface area contributed by atoms with Gasteiger partial charge in [-0.3, -0.25) is 0 Å². The first-order valence-electron chi connectivity index (χ1n) is 3.90. The Kier molecular flexibility index (Phi) is 1.70. The standard InChI is InChI=1S/C10H9NO2/c11-7-3-4-8(9(12)6-7)10-2-1-5-13-10/h1-6,12H,11H2. The minimum atomic E-state index is 0.134. The number of phenols is 1. The molecule has 3 N–H and O–H groups in total. The molecule has 1 heterocycles. The predicted molar refractivity (Wildman–Crippen MR) is 50.2 cm³/mol. The first-order chi connectivity index (χ1) is 6.27. The molecule has 0 unspecified atom stereocenters. The molecule has 0 bridgehead atoms. The Bertz CT molecular complexity index is 407. The van der Waals surface area contributed by atoms with Crippen molar-refractivity contribution in [2.24, 2.45) is 0 Å². The molecule has 2 aromatic rings. The monoisotopic (exact) mass is 175 g/mol. The van der Waals surface area contributed by atoms with Crippen LogP contribution >= 0.6 is 0 Å². The zero-order chi connectivity index (χ0) is 9.26. The molecule has 0 amide bonds. The summed E-state index contributed by atoms with van der Waals surface area (Å²) < 4.78 is 5.14. The van der Waals surface area contributed by atoms with Crippen molar-refractivity contribution in [3.8, 4) is 17.1 Å². The van der Waals surface area contributed by atoms with E-state index in [0.29, 0.717) is 17.0 Å². The molecule has 2 rings (SSSR count). The van der Waals surface area contributed by atoms with E-state index < -0.39 is 0 Å². The Morgan fingerprint density at radius 2 is 2.08 bits per heavy atom. The van der Waals surface area contributed by atoms with Crippen LogP contribution in [0.1, 0.15) is 0 Å². The highest BCUT2D eigenvalue weighted by atomic mass is 16.3. The van der Waals surface area contributed by atoms with E-state index in [1.165, 1.54) is 6.07 Å². The fraction of sp³-hybridized carbons (Fsp3) is 0. The second-order valence-corrected chi connectivity index (χ2v) is 2.75. The number of benzene rings is 1. The average Bonchev–Trinajstić information content (AvgIpc) is 2.56. The Morgan fingerprint density at radius 1 is 1.23 bits per heavy atom. The number of anilines is 1. The van der Waals surface area contributed by atoms with Crippen LogP contribution in [0.5, 0.6) is 5.75 Å². The van der Waals surface area contributed by atoms with Gasteiger partial charge >= 0.3 is 0 Å². The maximum atomic E-state index is 9.52. The van der Waals surface area contributed by atoms with Gasteiger partial charge in [0.05, 0.1) is 11.8 Å². The molecule has 0 radical (unpaired) electrons. The zero-order valence-corrected chi connectivity index (χ0v) is 6.90. The summed E-state index contributed by atoms with van der Waals surface area (Å²) in [6.07, 6.45) is 1.56. The number of hydrogen-bond donors (Lipinski definition) is 2. The van der Waals surface area contributed by atoms with E-state index in [0.717, 1.165) is 0 Å². The molecule has 1 aromatic carbocycles. The SMILES string of the molecule is Nc1ccc(-c2ccco2)c(O)c1. The Balaban J connectivity index is 2.53. The van der Waals surface area contributed by atoms with Crippen molar-refractivity contribution >= 4 is 5.69 Å². The number of rotatable bonds is 1.